The molecule has 0 saturated carbocycles. The summed E-state index contributed by atoms with van der Waals surface area (Å²) in [6.07, 6.45) is 7.08. The van der Waals surface area contributed by atoms with E-state index in [4.69, 9.17) is 0 Å². The van der Waals surface area contributed by atoms with Crippen LogP contribution >= 0.6 is 0 Å². The second-order valence-corrected chi connectivity index (χ2v) is 6.73. The molecule has 0 aliphatic heterocycles. The van der Waals surface area contributed by atoms with Gasteiger partial charge in [-0.2, -0.15) is 0 Å². The first kappa shape index (κ1) is 21.5. The third-order valence-electron chi connectivity index (χ3n) is 4.80. The molecule has 0 spiro atoms. The van der Waals surface area contributed by atoms with E-state index < -0.39 is 5.82 Å². The molecule has 2 aromatic carbocycles. The minimum atomic E-state index is -0.528. The van der Waals surface area contributed by atoms with Crippen LogP contribution in [0.4, 0.5) is 15.8 Å². The summed E-state index contributed by atoms with van der Waals surface area (Å²) in [6.45, 7) is 11.1. The van der Waals surface area contributed by atoms with E-state index >= 15 is 0 Å². The zero-order chi connectivity index (χ0) is 20.7. The Balaban J connectivity index is 2.71. The number of rotatable bonds is 9. The Morgan fingerprint density at radius 2 is 2.04 bits per heavy atom. The highest BCUT2D eigenvalue weighted by Gasteiger charge is 2.21. The Morgan fingerprint density at radius 1 is 1.29 bits per heavy atom. The molecule has 0 heterocycles. The number of hydrogen-bond donors (Lipinski definition) is 1. The number of carbonyl (C=O) groups is 1. The van der Waals surface area contributed by atoms with Crippen LogP contribution in [0.15, 0.2) is 42.0 Å². The van der Waals surface area contributed by atoms with Crippen molar-refractivity contribution in [1.29, 1.82) is 0 Å². The number of hydrogen-bond acceptors (Lipinski definition) is 3. The number of Topliss-reactive ketones (excluding diaryl/α,β-unsaturated/α-hetero) is 1. The molecule has 0 bridgehead atoms. The summed E-state index contributed by atoms with van der Waals surface area (Å²) in [5.41, 5.74) is 5.21. The van der Waals surface area contributed by atoms with E-state index in [0.29, 0.717) is 12.1 Å². The lowest BCUT2D eigenvalue weighted by molar-refractivity contribution is 0.101. The van der Waals surface area contributed by atoms with Gasteiger partial charge in [0.2, 0.25) is 0 Å². The molecule has 0 atom stereocenters. The standard InChI is InChI=1S/C24H29FN2O/c1-6-10-11-17-12-13-18(14-22(17)26-8-3)20-15-21(25)23(16(5)28)24(27-9-4)19(20)7-2/h8-9,12-15,27H,4,6-7,10-11H2,1-3,5H3/b26-8-. The number of nitrogens with zero attached hydrogens (tertiary/aromatic N) is 1. The van der Waals surface area contributed by atoms with Crippen molar-refractivity contribution in [2.75, 3.05) is 5.32 Å². The van der Waals surface area contributed by atoms with Crippen molar-refractivity contribution in [3.05, 3.63) is 59.6 Å². The molecular weight excluding hydrogens is 351 g/mol. The predicted octanol–water partition coefficient (Wildman–Crippen LogP) is 6.88. The van der Waals surface area contributed by atoms with E-state index in [1.807, 2.05) is 26.0 Å². The molecule has 2 aromatic rings. The quantitative estimate of drug-likeness (QED) is 0.380. The molecule has 1 N–H and O–H groups in total. The van der Waals surface area contributed by atoms with Gasteiger partial charge in [0.15, 0.2) is 5.78 Å². The molecule has 4 heteroatoms. The highest BCUT2D eigenvalue weighted by Crippen LogP contribution is 2.37. The molecule has 2 rings (SSSR count). The van der Waals surface area contributed by atoms with Gasteiger partial charge in [-0.1, -0.05) is 39.0 Å². The van der Waals surface area contributed by atoms with Gasteiger partial charge in [0.1, 0.15) is 5.82 Å². The summed E-state index contributed by atoms with van der Waals surface area (Å²) in [5, 5.41) is 2.98. The molecule has 0 aliphatic rings. The predicted molar refractivity (Wildman–Crippen MR) is 117 cm³/mol. The van der Waals surface area contributed by atoms with Crippen molar-refractivity contribution in [2.45, 2.75) is 53.4 Å². The Labute approximate surface area is 167 Å². The number of nitrogens with one attached hydrogen (secondary N) is 1. The smallest absolute Gasteiger partial charge is 0.164 e. The summed E-state index contributed by atoms with van der Waals surface area (Å²) >= 11 is 0. The molecule has 0 aliphatic carbocycles. The SMILES string of the molecule is C=CNc1c(CC)c(-c2ccc(CCCC)c(/N=C\C)c2)cc(F)c1C(C)=O. The van der Waals surface area contributed by atoms with Gasteiger partial charge in [-0.15, -0.1) is 0 Å². The highest BCUT2D eigenvalue weighted by atomic mass is 19.1. The Bertz CT molecular complexity index is 900. The van der Waals surface area contributed by atoms with Crippen molar-refractivity contribution < 1.29 is 9.18 Å². The second kappa shape index (κ2) is 9.98. The number of ketones is 1. The lowest BCUT2D eigenvalue weighted by Gasteiger charge is -2.19. The number of aryl methyl sites for hydroxylation is 1. The number of anilines is 1. The minimum Gasteiger partial charge on any atom is -0.361 e. The van der Waals surface area contributed by atoms with Gasteiger partial charge in [-0.05, 0) is 73.7 Å². The van der Waals surface area contributed by atoms with E-state index in [-0.39, 0.29) is 11.3 Å². The zero-order valence-electron chi connectivity index (χ0n) is 17.2. The topological polar surface area (TPSA) is 41.5 Å². The maximum Gasteiger partial charge on any atom is 0.164 e. The van der Waals surface area contributed by atoms with Crippen LogP contribution in [0, 0.1) is 5.82 Å². The van der Waals surface area contributed by atoms with Crippen LogP contribution in [0.25, 0.3) is 11.1 Å². The van der Waals surface area contributed by atoms with Crippen LogP contribution in [0.5, 0.6) is 0 Å². The van der Waals surface area contributed by atoms with Crippen LogP contribution in [0.3, 0.4) is 0 Å². The normalized spacial score (nSPS) is 11.0. The van der Waals surface area contributed by atoms with Gasteiger partial charge < -0.3 is 5.32 Å². The van der Waals surface area contributed by atoms with E-state index in [2.05, 4.69) is 29.9 Å². The molecule has 28 heavy (non-hydrogen) atoms. The van der Waals surface area contributed by atoms with Gasteiger partial charge in [0.25, 0.3) is 0 Å². The van der Waals surface area contributed by atoms with Crippen molar-refractivity contribution in [3.8, 4) is 11.1 Å². The molecule has 0 radical (unpaired) electrons. The van der Waals surface area contributed by atoms with E-state index in [1.165, 1.54) is 24.8 Å². The largest absolute Gasteiger partial charge is 0.361 e. The number of aliphatic imine (C=N–C) groups is 1. The van der Waals surface area contributed by atoms with Gasteiger partial charge in [-0.25, -0.2) is 4.39 Å². The number of carbonyl (C=O) groups excluding carboxylic acids is 1. The molecule has 0 unspecified atom stereocenters. The van der Waals surface area contributed by atoms with Gasteiger partial charge in [0.05, 0.1) is 16.9 Å². The van der Waals surface area contributed by atoms with Crippen LogP contribution < -0.4 is 5.32 Å². The highest BCUT2D eigenvalue weighted by molar-refractivity contribution is 6.02. The Kier molecular flexibility index (Phi) is 7.68. The molecule has 0 fully saturated rings. The summed E-state index contributed by atoms with van der Waals surface area (Å²) < 4.78 is 14.9. The molecule has 3 nitrogen and oxygen atoms in total. The fraction of sp³-hybridized carbons (Fsp3) is 0.333. The van der Waals surface area contributed by atoms with Gasteiger partial charge >= 0.3 is 0 Å². The monoisotopic (exact) mass is 380 g/mol. The average molecular weight is 381 g/mol. The van der Waals surface area contributed by atoms with Crippen molar-refractivity contribution in [2.24, 2.45) is 4.99 Å². The summed E-state index contributed by atoms with van der Waals surface area (Å²) in [4.78, 5) is 16.6. The molecule has 0 aromatic heterocycles. The Morgan fingerprint density at radius 3 is 2.61 bits per heavy atom. The first-order valence-corrected chi connectivity index (χ1v) is 9.84. The molecular formula is C24H29FN2O. The van der Waals surface area contributed by atoms with Crippen LogP contribution in [0.2, 0.25) is 0 Å². The molecule has 148 valence electrons. The third-order valence-corrected chi connectivity index (χ3v) is 4.80. The van der Waals surface area contributed by atoms with E-state index in [0.717, 1.165) is 41.6 Å². The van der Waals surface area contributed by atoms with Crippen molar-refractivity contribution in [1.82, 2.24) is 0 Å². The van der Waals surface area contributed by atoms with E-state index in [9.17, 15) is 9.18 Å². The summed E-state index contributed by atoms with van der Waals surface area (Å²) in [6, 6.07) is 7.55. The maximum absolute atomic E-state index is 14.9. The first-order chi connectivity index (χ1) is 13.5. The van der Waals surface area contributed by atoms with Gasteiger partial charge in [0, 0.05) is 6.21 Å². The maximum atomic E-state index is 14.9. The number of benzene rings is 2. The first-order valence-electron chi connectivity index (χ1n) is 9.84. The summed E-state index contributed by atoms with van der Waals surface area (Å²) in [7, 11) is 0. The van der Waals surface area contributed by atoms with Crippen molar-refractivity contribution in [3.63, 3.8) is 0 Å². The third kappa shape index (κ3) is 4.56. The van der Waals surface area contributed by atoms with Crippen LogP contribution in [-0.4, -0.2) is 12.0 Å². The fourth-order valence-corrected chi connectivity index (χ4v) is 3.49. The fourth-order valence-electron chi connectivity index (χ4n) is 3.49. The van der Waals surface area contributed by atoms with Gasteiger partial charge in [-0.3, -0.25) is 9.79 Å². The molecule has 0 amide bonds. The van der Waals surface area contributed by atoms with Crippen LogP contribution in [-0.2, 0) is 12.8 Å². The number of unbranched alkanes of at least 4 members (excludes halogenated alkanes) is 1. The van der Waals surface area contributed by atoms with Crippen LogP contribution in [0.1, 0.15) is 62.0 Å². The Hall–Kier alpha value is -2.75. The minimum absolute atomic E-state index is 0.0758. The zero-order valence-corrected chi connectivity index (χ0v) is 17.2. The lowest BCUT2D eigenvalue weighted by atomic mass is 9.91. The van der Waals surface area contributed by atoms with E-state index in [1.54, 1.807) is 6.21 Å². The van der Waals surface area contributed by atoms with Crippen molar-refractivity contribution >= 4 is 23.4 Å². The summed E-state index contributed by atoms with van der Waals surface area (Å²) in [5.74, 6) is -0.839. The second-order valence-electron chi connectivity index (χ2n) is 6.73. The molecule has 0 saturated heterocycles. The lowest BCUT2D eigenvalue weighted by Crippen LogP contribution is -2.08. The number of halogens is 1. The average Bonchev–Trinajstić information content (AvgIpc) is 2.66.